The standard InChI is InChI=1S/C5H12.C4H11NO2/c1-3-5-4-2;1-3-6-5-7-4-2/h3-5H2,1-2H3;5H,3-4H2,1-2H3. The quantitative estimate of drug-likeness (QED) is 0.500. The van der Waals surface area contributed by atoms with E-state index in [0.717, 1.165) is 0 Å². The van der Waals surface area contributed by atoms with Crippen LogP contribution >= 0.6 is 0 Å². The maximum Gasteiger partial charge on any atom is 0.0680 e. The zero-order valence-electron chi connectivity index (χ0n) is 8.85. The van der Waals surface area contributed by atoms with E-state index >= 15 is 0 Å². The SMILES string of the molecule is CCCCC.CCONOCC. The van der Waals surface area contributed by atoms with Crippen LogP contribution in [-0.2, 0) is 9.68 Å². The van der Waals surface area contributed by atoms with Gasteiger partial charge in [0.15, 0.2) is 0 Å². The van der Waals surface area contributed by atoms with Crippen LogP contribution in [0.4, 0.5) is 0 Å². The first kappa shape index (κ1) is 14.4. The Hall–Kier alpha value is -0.120. The molecule has 0 saturated carbocycles. The summed E-state index contributed by atoms with van der Waals surface area (Å²) in [5, 5.41) is 0. The lowest BCUT2D eigenvalue weighted by Crippen LogP contribution is -2.14. The molecule has 0 amide bonds. The monoisotopic (exact) mass is 177 g/mol. The lowest BCUT2D eigenvalue weighted by Gasteiger charge is -1.98. The Morgan fingerprint density at radius 1 is 0.833 bits per heavy atom. The number of nitrogens with one attached hydrogen (secondary N) is 1. The predicted molar refractivity (Wildman–Crippen MR) is 51.6 cm³/mol. The molecular formula is C9H23NO2. The minimum Gasteiger partial charge on any atom is -0.277 e. The second-order valence-electron chi connectivity index (χ2n) is 2.30. The van der Waals surface area contributed by atoms with Gasteiger partial charge >= 0.3 is 0 Å². The third-order valence-electron chi connectivity index (χ3n) is 1.11. The fourth-order valence-corrected chi connectivity index (χ4v) is 0.513. The van der Waals surface area contributed by atoms with Gasteiger partial charge in [-0.25, -0.2) is 0 Å². The van der Waals surface area contributed by atoms with Crippen LogP contribution in [0.3, 0.4) is 0 Å². The van der Waals surface area contributed by atoms with Gasteiger partial charge in [0.2, 0.25) is 0 Å². The van der Waals surface area contributed by atoms with Gasteiger partial charge in [-0.2, -0.15) is 0 Å². The van der Waals surface area contributed by atoms with Crippen molar-refractivity contribution in [2.45, 2.75) is 47.0 Å². The highest BCUT2D eigenvalue weighted by molar-refractivity contribution is 4.24. The third-order valence-corrected chi connectivity index (χ3v) is 1.11. The summed E-state index contributed by atoms with van der Waals surface area (Å²) < 4.78 is 0. The highest BCUT2D eigenvalue weighted by Crippen LogP contribution is 1.88. The molecule has 0 aromatic heterocycles. The number of hydrogen-bond donors (Lipinski definition) is 1. The molecular weight excluding hydrogens is 154 g/mol. The zero-order valence-corrected chi connectivity index (χ0v) is 8.85. The number of rotatable bonds is 6. The van der Waals surface area contributed by atoms with E-state index in [9.17, 15) is 0 Å². The summed E-state index contributed by atoms with van der Waals surface area (Å²) in [7, 11) is 0. The van der Waals surface area contributed by atoms with Gasteiger partial charge in [-0.1, -0.05) is 38.8 Å². The van der Waals surface area contributed by atoms with E-state index in [0.29, 0.717) is 13.2 Å². The molecule has 0 aliphatic rings. The molecule has 0 rings (SSSR count). The molecule has 0 fully saturated rings. The fraction of sp³-hybridized carbons (Fsp3) is 1.00. The first-order valence-corrected chi connectivity index (χ1v) is 4.81. The first-order valence-electron chi connectivity index (χ1n) is 4.81. The molecule has 3 heteroatoms. The molecule has 0 radical (unpaired) electrons. The van der Waals surface area contributed by atoms with E-state index in [4.69, 9.17) is 0 Å². The molecule has 0 aromatic rings. The molecule has 0 saturated heterocycles. The smallest absolute Gasteiger partial charge is 0.0680 e. The summed E-state index contributed by atoms with van der Waals surface area (Å²) in [4.78, 5) is 9.20. The minimum absolute atomic E-state index is 0.625. The minimum atomic E-state index is 0.625. The molecule has 0 bridgehead atoms. The van der Waals surface area contributed by atoms with Crippen molar-refractivity contribution in [1.29, 1.82) is 0 Å². The van der Waals surface area contributed by atoms with Gasteiger partial charge in [-0.3, -0.25) is 9.68 Å². The van der Waals surface area contributed by atoms with E-state index in [1.807, 2.05) is 13.8 Å². The zero-order chi connectivity index (χ0) is 9.66. The molecule has 0 heterocycles. The van der Waals surface area contributed by atoms with Crippen molar-refractivity contribution in [3.63, 3.8) is 0 Å². The Kier molecular flexibility index (Phi) is 20.5. The molecule has 76 valence electrons. The second kappa shape index (κ2) is 17.1. The van der Waals surface area contributed by atoms with Crippen molar-refractivity contribution in [2.24, 2.45) is 0 Å². The van der Waals surface area contributed by atoms with E-state index < -0.39 is 0 Å². The Balaban J connectivity index is 0. The first-order chi connectivity index (χ1) is 5.83. The van der Waals surface area contributed by atoms with Crippen LogP contribution in [0.5, 0.6) is 0 Å². The molecule has 1 N–H and O–H groups in total. The maximum absolute atomic E-state index is 4.60. The van der Waals surface area contributed by atoms with Crippen LogP contribution in [0.2, 0.25) is 0 Å². The van der Waals surface area contributed by atoms with Gasteiger partial charge in [-0.05, 0) is 13.8 Å². The highest BCUT2D eigenvalue weighted by atomic mass is 16.9. The summed E-state index contributed by atoms with van der Waals surface area (Å²) in [5.74, 6) is 0. The van der Waals surface area contributed by atoms with Crippen molar-refractivity contribution in [1.82, 2.24) is 5.64 Å². The second-order valence-corrected chi connectivity index (χ2v) is 2.30. The van der Waals surface area contributed by atoms with Crippen molar-refractivity contribution in [3.8, 4) is 0 Å². The van der Waals surface area contributed by atoms with Gasteiger partial charge in [0.05, 0.1) is 13.2 Å². The molecule has 0 unspecified atom stereocenters. The fourth-order valence-electron chi connectivity index (χ4n) is 0.513. The molecule has 12 heavy (non-hydrogen) atoms. The molecule has 0 aliphatic carbocycles. The Morgan fingerprint density at radius 2 is 1.25 bits per heavy atom. The summed E-state index contributed by atoms with van der Waals surface area (Å²) in [6.07, 6.45) is 4.08. The van der Waals surface area contributed by atoms with E-state index in [1.165, 1.54) is 19.3 Å². The van der Waals surface area contributed by atoms with Crippen LogP contribution in [-0.4, -0.2) is 13.2 Å². The summed E-state index contributed by atoms with van der Waals surface area (Å²) >= 11 is 0. The van der Waals surface area contributed by atoms with Crippen molar-refractivity contribution in [3.05, 3.63) is 0 Å². The summed E-state index contributed by atoms with van der Waals surface area (Å²) in [5.41, 5.74) is 2.28. The lowest BCUT2D eigenvalue weighted by atomic mass is 10.3. The van der Waals surface area contributed by atoms with Gasteiger partial charge in [0, 0.05) is 0 Å². The highest BCUT2D eigenvalue weighted by Gasteiger charge is 1.74. The maximum atomic E-state index is 4.60. The largest absolute Gasteiger partial charge is 0.277 e. The average Bonchev–Trinajstić information content (AvgIpc) is 2.08. The van der Waals surface area contributed by atoms with Gasteiger partial charge in [-0.15, -0.1) is 0 Å². The molecule has 3 nitrogen and oxygen atoms in total. The molecule has 0 aromatic carbocycles. The number of hydrogen-bond acceptors (Lipinski definition) is 3. The van der Waals surface area contributed by atoms with Crippen LogP contribution in [0, 0.1) is 0 Å². The third kappa shape index (κ3) is 22.5. The van der Waals surface area contributed by atoms with Crippen LogP contribution in [0.25, 0.3) is 0 Å². The molecule has 0 aliphatic heterocycles. The van der Waals surface area contributed by atoms with Crippen LogP contribution in [0.15, 0.2) is 0 Å². The van der Waals surface area contributed by atoms with Gasteiger partial charge in [0.1, 0.15) is 0 Å². The van der Waals surface area contributed by atoms with E-state index in [2.05, 4.69) is 29.2 Å². The van der Waals surface area contributed by atoms with E-state index in [1.54, 1.807) is 0 Å². The molecule has 0 atom stereocenters. The number of unbranched alkanes of at least 4 members (excludes halogenated alkanes) is 2. The van der Waals surface area contributed by atoms with Gasteiger partial charge < -0.3 is 0 Å². The average molecular weight is 177 g/mol. The predicted octanol–water partition coefficient (Wildman–Crippen LogP) is 2.68. The van der Waals surface area contributed by atoms with Gasteiger partial charge in [0.25, 0.3) is 0 Å². The van der Waals surface area contributed by atoms with Crippen LogP contribution in [0.1, 0.15) is 47.0 Å². The Labute approximate surface area is 76.3 Å². The Morgan fingerprint density at radius 3 is 1.42 bits per heavy atom. The lowest BCUT2D eigenvalue weighted by molar-refractivity contribution is -0.163. The Bertz CT molecular complexity index is 54.5. The molecule has 0 spiro atoms. The summed E-state index contributed by atoms with van der Waals surface area (Å²) in [6.45, 7) is 9.44. The summed E-state index contributed by atoms with van der Waals surface area (Å²) in [6, 6.07) is 0. The topological polar surface area (TPSA) is 30.5 Å². The van der Waals surface area contributed by atoms with E-state index in [-0.39, 0.29) is 0 Å². The van der Waals surface area contributed by atoms with Crippen LogP contribution < -0.4 is 5.64 Å². The van der Waals surface area contributed by atoms with Crippen molar-refractivity contribution in [2.75, 3.05) is 13.2 Å². The normalized spacial score (nSPS) is 9.00. The van der Waals surface area contributed by atoms with Crippen molar-refractivity contribution >= 4 is 0 Å². The van der Waals surface area contributed by atoms with Crippen molar-refractivity contribution < 1.29 is 9.68 Å².